The summed E-state index contributed by atoms with van der Waals surface area (Å²) in [6.07, 6.45) is 3.38. The summed E-state index contributed by atoms with van der Waals surface area (Å²) in [7, 11) is 0. The molecule has 0 radical (unpaired) electrons. The molecule has 4 heteroatoms. The zero-order chi connectivity index (χ0) is 12.8. The maximum atomic E-state index is 10.7. The average Bonchev–Trinajstić information content (AvgIpc) is 2.84. The van der Waals surface area contributed by atoms with Crippen LogP contribution in [-0.4, -0.2) is 30.4 Å². The lowest BCUT2D eigenvalue weighted by Gasteiger charge is -2.12. The second-order valence-electron chi connectivity index (χ2n) is 4.45. The fraction of sp³-hybridized carbons (Fsp3) is 0.500. The van der Waals surface area contributed by atoms with Crippen LogP contribution < -0.4 is 4.74 Å². The summed E-state index contributed by atoms with van der Waals surface area (Å²) in [5, 5.41) is 8.81. The highest BCUT2D eigenvalue weighted by molar-refractivity contribution is 5.71. The van der Waals surface area contributed by atoms with E-state index in [1.165, 1.54) is 0 Å². The Hall–Kier alpha value is -1.55. The van der Waals surface area contributed by atoms with E-state index in [0.29, 0.717) is 18.5 Å². The largest absolute Gasteiger partial charge is 0.493 e. The van der Waals surface area contributed by atoms with Gasteiger partial charge in [-0.2, -0.15) is 0 Å². The SMILES string of the molecule is O=C(O)Cc1ccccc1OCCC1CCCO1. The van der Waals surface area contributed by atoms with Gasteiger partial charge in [0.15, 0.2) is 0 Å². The molecule has 0 amide bonds. The number of benzene rings is 1. The van der Waals surface area contributed by atoms with Gasteiger partial charge in [0.2, 0.25) is 0 Å². The number of hydrogen-bond donors (Lipinski definition) is 1. The van der Waals surface area contributed by atoms with Gasteiger partial charge in [-0.05, 0) is 18.9 Å². The number of carboxylic acid groups (broad SMARTS) is 1. The highest BCUT2D eigenvalue weighted by Gasteiger charge is 2.15. The molecule has 0 spiro atoms. The molecule has 1 aromatic carbocycles. The third-order valence-electron chi connectivity index (χ3n) is 3.04. The van der Waals surface area contributed by atoms with Crippen molar-refractivity contribution in [3.05, 3.63) is 29.8 Å². The van der Waals surface area contributed by atoms with Gasteiger partial charge in [0.25, 0.3) is 0 Å². The molecule has 0 aliphatic carbocycles. The summed E-state index contributed by atoms with van der Waals surface area (Å²) in [5.74, 6) is -0.178. The molecular weight excluding hydrogens is 232 g/mol. The van der Waals surface area contributed by atoms with Crippen LogP contribution in [0, 0.1) is 0 Å². The Balaban J connectivity index is 1.85. The molecule has 0 aromatic heterocycles. The molecular formula is C14H18O4. The van der Waals surface area contributed by atoms with Crippen LogP contribution in [0.4, 0.5) is 0 Å². The van der Waals surface area contributed by atoms with E-state index in [2.05, 4.69) is 0 Å². The monoisotopic (exact) mass is 250 g/mol. The smallest absolute Gasteiger partial charge is 0.307 e. The Kier molecular flexibility index (Phi) is 4.59. The van der Waals surface area contributed by atoms with Crippen molar-refractivity contribution in [1.29, 1.82) is 0 Å². The van der Waals surface area contributed by atoms with Crippen LogP contribution in [-0.2, 0) is 16.0 Å². The van der Waals surface area contributed by atoms with Crippen molar-refractivity contribution >= 4 is 5.97 Å². The van der Waals surface area contributed by atoms with E-state index in [1.54, 1.807) is 6.07 Å². The molecule has 0 bridgehead atoms. The minimum absolute atomic E-state index is 0.00387. The second-order valence-corrected chi connectivity index (χ2v) is 4.45. The molecule has 98 valence electrons. The van der Waals surface area contributed by atoms with E-state index in [0.717, 1.165) is 31.4 Å². The van der Waals surface area contributed by atoms with Gasteiger partial charge in [-0.3, -0.25) is 4.79 Å². The van der Waals surface area contributed by atoms with E-state index < -0.39 is 5.97 Å². The van der Waals surface area contributed by atoms with Crippen LogP contribution in [0.1, 0.15) is 24.8 Å². The molecule has 18 heavy (non-hydrogen) atoms. The maximum Gasteiger partial charge on any atom is 0.307 e. The lowest BCUT2D eigenvalue weighted by atomic mass is 10.1. The number of carbonyl (C=O) groups is 1. The van der Waals surface area contributed by atoms with Crippen LogP contribution in [0.2, 0.25) is 0 Å². The quantitative estimate of drug-likeness (QED) is 0.841. The van der Waals surface area contributed by atoms with Crippen molar-refractivity contribution in [1.82, 2.24) is 0 Å². The van der Waals surface area contributed by atoms with Crippen LogP contribution >= 0.6 is 0 Å². The predicted octanol–water partition coefficient (Wildman–Crippen LogP) is 2.26. The molecule has 1 aliphatic heterocycles. The fourth-order valence-electron chi connectivity index (χ4n) is 2.13. The van der Waals surface area contributed by atoms with Gasteiger partial charge in [-0.25, -0.2) is 0 Å². The van der Waals surface area contributed by atoms with Crippen LogP contribution in [0.5, 0.6) is 5.75 Å². The molecule has 1 atom stereocenters. The summed E-state index contributed by atoms with van der Waals surface area (Å²) in [4.78, 5) is 10.7. The topological polar surface area (TPSA) is 55.8 Å². The summed E-state index contributed by atoms with van der Waals surface area (Å²) in [6, 6.07) is 7.28. The number of ether oxygens (including phenoxy) is 2. The molecule has 1 fully saturated rings. The predicted molar refractivity (Wildman–Crippen MR) is 66.9 cm³/mol. The minimum atomic E-state index is -0.842. The lowest BCUT2D eigenvalue weighted by molar-refractivity contribution is -0.136. The van der Waals surface area contributed by atoms with Crippen LogP contribution in [0.15, 0.2) is 24.3 Å². The van der Waals surface area contributed by atoms with Crippen molar-refractivity contribution in [3.63, 3.8) is 0 Å². The lowest BCUT2D eigenvalue weighted by Crippen LogP contribution is -2.12. The molecule has 0 saturated carbocycles. The van der Waals surface area contributed by atoms with Gasteiger partial charge in [0.1, 0.15) is 5.75 Å². The highest BCUT2D eigenvalue weighted by atomic mass is 16.5. The van der Waals surface area contributed by atoms with Gasteiger partial charge in [0, 0.05) is 18.6 Å². The average molecular weight is 250 g/mol. The molecule has 1 unspecified atom stereocenters. The normalized spacial score (nSPS) is 18.8. The summed E-state index contributed by atoms with van der Waals surface area (Å²) < 4.78 is 11.2. The van der Waals surface area contributed by atoms with Crippen LogP contribution in [0.25, 0.3) is 0 Å². The molecule has 1 heterocycles. The zero-order valence-corrected chi connectivity index (χ0v) is 10.3. The number of aliphatic carboxylic acids is 1. The zero-order valence-electron chi connectivity index (χ0n) is 10.3. The van der Waals surface area contributed by atoms with Crippen LogP contribution in [0.3, 0.4) is 0 Å². The molecule has 1 saturated heterocycles. The Morgan fingerprint density at radius 2 is 2.28 bits per heavy atom. The first-order valence-corrected chi connectivity index (χ1v) is 6.30. The summed E-state index contributed by atoms with van der Waals surface area (Å²) in [6.45, 7) is 1.42. The Labute approximate surface area is 107 Å². The molecule has 4 nitrogen and oxygen atoms in total. The Morgan fingerprint density at radius 1 is 1.44 bits per heavy atom. The Morgan fingerprint density at radius 3 is 3.00 bits per heavy atom. The number of para-hydroxylation sites is 1. The highest BCUT2D eigenvalue weighted by Crippen LogP contribution is 2.20. The van der Waals surface area contributed by atoms with Crippen molar-refractivity contribution in [3.8, 4) is 5.75 Å². The Bertz CT molecular complexity index is 397. The number of carboxylic acids is 1. The van der Waals surface area contributed by atoms with E-state index in [4.69, 9.17) is 14.6 Å². The number of hydrogen-bond acceptors (Lipinski definition) is 3. The first-order valence-electron chi connectivity index (χ1n) is 6.30. The van der Waals surface area contributed by atoms with Crippen molar-refractivity contribution in [2.24, 2.45) is 0 Å². The second kappa shape index (κ2) is 6.40. The van der Waals surface area contributed by atoms with Gasteiger partial charge >= 0.3 is 5.97 Å². The number of rotatable bonds is 6. The van der Waals surface area contributed by atoms with E-state index in [-0.39, 0.29) is 6.42 Å². The summed E-state index contributed by atoms with van der Waals surface area (Å²) in [5.41, 5.74) is 0.720. The van der Waals surface area contributed by atoms with Crippen molar-refractivity contribution in [2.75, 3.05) is 13.2 Å². The first-order chi connectivity index (χ1) is 8.75. The third-order valence-corrected chi connectivity index (χ3v) is 3.04. The minimum Gasteiger partial charge on any atom is -0.493 e. The molecule has 2 rings (SSSR count). The van der Waals surface area contributed by atoms with Gasteiger partial charge in [-0.15, -0.1) is 0 Å². The molecule has 1 N–H and O–H groups in total. The van der Waals surface area contributed by atoms with E-state index >= 15 is 0 Å². The molecule has 1 aromatic rings. The molecule has 1 aliphatic rings. The van der Waals surface area contributed by atoms with Gasteiger partial charge in [0.05, 0.1) is 19.1 Å². The van der Waals surface area contributed by atoms with E-state index in [9.17, 15) is 4.79 Å². The first kappa shape index (κ1) is 12.9. The van der Waals surface area contributed by atoms with Gasteiger partial charge in [-0.1, -0.05) is 18.2 Å². The summed E-state index contributed by atoms with van der Waals surface area (Å²) >= 11 is 0. The third kappa shape index (κ3) is 3.74. The van der Waals surface area contributed by atoms with Crippen molar-refractivity contribution < 1.29 is 19.4 Å². The maximum absolute atomic E-state index is 10.7. The van der Waals surface area contributed by atoms with E-state index in [1.807, 2.05) is 18.2 Å². The van der Waals surface area contributed by atoms with Crippen molar-refractivity contribution in [2.45, 2.75) is 31.8 Å². The fourth-order valence-corrected chi connectivity index (χ4v) is 2.13. The standard InChI is InChI=1S/C14H18O4/c15-14(16)10-11-4-1-2-6-13(11)18-9-7-12-5-3-8-17-12/h1-2,4,6,12H,3,5,7-10H2,(H,15,16). The van der Waals surface area contributed by atoms with Gasteiger partial charge < -0.3 is 14.6 Å².